The van der Waals surface area contributed by atoms with Crippen LogP contribution in [0.5, 0.6) is 11.5 Å². The summed E-state index contributed by atoms with van der Waals surface area (Å²) in [6.45, 7) is 2.08. The lowest BCUT2D eigenvalue weighted by Gasteiger charge is -2.11. The van der Waals surface area contributed by atoms with Crippen LogP contribution >= 0.6 is 0 Å². The number of halogens is 1. The minimum atomic E-state index is -0.317. The number of hydrogen-bond donors (Lipinski definition) is 1. The van der Waals surface area contributed by atoms with Crippen LogP contribution in [-0.2, 0) is 6.42 Å². The standard InChI is InChI=1S/C18H20FNO3/c1-12-10-14(4-6-16(12)19)18(21)20-9-8-13-11-15(22-2)5-7-17(13)23-3/h4-7,10-11H,8-9H2,1-3H3,(H,20,21). The summed E-state index contributed by atoms with van der Waals surface area (Å²) in [6.07, 6.45) is 0.603. The smallest absolute Gasteiger partial charge is 0.251 e. The molecule has 0 saturated heterocycles. The summed E-state index contributed by atoms with van der Waals surface area (Å²) in [4.78, 5) is 12.1. The number of benzene rings is 2. The van der Waals surface area contributed by atoms with Crippen LogP contribution in [0.1, 0.15) is 21.5 Å². The quantitative estimate of drug-likeness (QED) is 0.890. The fourth-order valence-electron chi connectivity index (χ4n) is 2.28. The minimum absolute atomic E-state index is 0.227. The third-order valence-corrected chi connectivity index (χ3v) is 3.59. The number of aryl methyl sites for hydroxylation is 1. The molecule has 0 saturated carbocycles. The van der Waals surface area contributed by atoms with Gasteiger partial charge in [-0.2, -0.15) is 0 Å². The van der Waals surface area contributed by atoms with Crippen molar-refractivity contribution in [3.63, 3.8) is 0 Å². The van der Waals surface area contributed by atoms with Gasteiger partial charge in [-0.1, -0.05) is 0 Å². The van der Waals surface area contributed by atoms with Gasteiger partial charge >= 0.3 is 0 Å². The van der Waals surface area contributed by atoms with Crippen molar-refractivity contribution >= 4 is 5.91 Å². The number of nitrogens with one attached hydrogen (secondary N) is 1. The van der Waals surface area contributed by atoms with E-state index in [1.165, 1.54) is 18.2 Å². The van der Waals surface area contributed by atoms with Crippen LogP contribution < -0.4 is 14.8 Å². The highest BCUT2D eigenvalue weighted by atomic mass is 19.1. The number of rotatable bonds is 6. The molecule has 1 N–H and O–H groups in total. The monoisotopic (exact) mass is 317 g/mol. The summed E-state index contributed by atoms with van der Waals surface area (Å²) in [5.74, 6) is 0.941. The first-order valence-corrected chi connectivity index (χ1v) is 7.30. The molecule has 122 valence electrons. The maximum absolute atomic E-state index is 13.2. The molecule has 0 fully saturated rings. The van der Waals surface area contributed by atoms with Crippen LogP contribution in [0.25, 0.3) is 0 Å². The zero-order chi connectivity index (χ0) is 16.8. The van der Waals surface area contributed by atoms with Crippen molar-refractivity contribution in [2.75, 3.05) is 20.8 Å². The van der Waals surface area contributed by atoms with E-state index in [2.05, 4.69) is 5.32 Å². The molecule has 0 aliphatic carbocycles. The summed E-state index contributed by atoms with van der Waals surface area (Å²) in [7, 11) is 3.20. The van der Waals surface area contributed by atoms with Crippen LogP contribution in [-0.4, -0.2) is 26.7 Å². The molecule has 1 amide bonds. The molecular weight excluding hydrogens is 297 g/mol. The van der Waals surface area contributed by atoms with Crippen molar-refractivity contribution in [2.45, 2.75) is 13.3 Å². The maximum Gasteiger partial charge on any atom is 0.251 e. The van der Waals surface area contributed by atoms with Gasteiger partial charge in [-0.05, 0) is 60.9 Å². The van der Waals surface area contributed by atoms with E-state index in [1.807, 2.05) is 18.2 Å². The lowest BCUT2D eigenvalue weighted by Crippen LogP contribution is -2.25. The van der Waals surface area contributed by atoms with Crippen molar-refractivity contribution in [1.82, 2.24) is 5.32 Å². The first-order valence-electron chi connectivity index (χ1n) is 7.30. The Balaban J connectivity index is 1.99. The van der Waals surface area contributed by atoms with E-state index >= 15 is 0 Å². The highest BCUT2D eigenvalue weighted by molar-refractivity contribution is 5.94. The average Bonchev–Trinajstić information content (AvgIpc) is 2.57. The zero-order valence-electron chi connectivity index (χ0n) is 13.5. The van der Waals surface area contributed by atoms with Gasteiger partial charge in [0.05, 0.1) is 14.2 Å². The Hall–Kier alpha value is -2.56. The minimum Gasteiger partial charge on any atom is -0.497 e. The normalized spacial score (nSPS) is 10.3. The zero-order valence-corrected chi connectivity index (χ0v) is 13.5. The van der Waals surface area contributed by atoms with Gasteiger partial charge in [-0.25, -0.2) is 4.39 Å². The van der Waals surface area contributed by atoms with E-state index in [9.17, 15) is 9.18 Å². The Morgan fingerprint density at radius 3 is 2.57 bits per heavy atom. The second-order valence-corrected chi connectivity index (χ2v) is 5.15. The number of methoxy groups -OCH3 is 2. The average molecular weight is 317 g/mol. The molecule has 4 nitrogen and oxygen atoms in total. The summed E-state index contributed by atoms with van der Waals surface area (Å²) >= 11 is 0. The van der Waals surface area contributed by atoms with Crippen molar-refractivity contribution in [1.29, 1.82) is 0 Å². The first-order chi connectivity index (χ1) is 11.0. The second-order valence-electron chi connectivity index (χ2n) is 5.15. The molecular formula is C18H20FNO3. The second kappa shape index (κ2) is 7.63. The molecule has 0 heterocycles. The molecule has 0 bridgehead atoms. The molecule has 0 aromatic heterocycles. The highest BCUT2D eigenvalue weighted by Crippen LogP contribution is 2.24. The van der Waals surface area contributed by atoms with E-state index in [0.717, 1.165) is 17.1 Å². The third-order valence-electron chi connectivity index (χ3n) is 3.59. The number of hydrogen-bond acceptors (Lipinski definition) is 3. The largest absolute Gasteiger partial charge is 0.497 e. The Bertz CT molecular complexity index is 701. The van der Waals surface area contributed by atoms with Crippen molar-refractivity contribution < 1.29 is 18.7 Å². The molecule has 0 unspecified atom stereocenters. The van der Waals surface area contributed by atoms with E-state index in [-0.39, 0.29) is 11.7 Å². The lowest BCUT2D eigenvalue weighted by atomic mass is 10.1. The molecule has 5 heteroatoms. The van der Waals surface area contributed by atoms with Gasteiger partial charge < -0.3 is 14.8 Å². The van der Waals surface area contributed by atoms with Crippen LogP contribution in [0, 0.1) is 12.7 Å². The van der Waals surface area contributed by atoms with Crippen LogP contribution in [0.15, 0.2) is 36.4 Å². The van der Waals surface area contributed by atoms with Crippen molar-refractivity contribution in [3.05, 3.63) is 58.9 Å². The third kappa shape index (κ3) is 4.22. The van der Waals surface area contributed by atoms with Crippen LogP contribution in [0.2, 0.25) is 0 Å². The molecule has 2 aromatic rings. The van der Waals surface area contributed by atoms with Gasteiger partial charge in [0.1, 0.15) is 17.3 Å². The topological polar surface area (TPSA) is 47.6 Å². The molecule has 0 spiro atoms. The molecule has 0 aliphatic heterocycles. The van der Waals surface area contributed by atoms with Crippen LogP contribution in [0.3, 0.4) is 0 Å². The van der Waals surface area contributed by atoms with Crippen molar-refractivity contribution in [3.8, 4) is 11.5 Å². The van der Waals surface area contributed by atoms with Gasteiger partial charge in [0, 0.05) is 12.1 Å². The summed E-state index contributed by atoms with van der Waals surface area (Å²) < 4.78 is 23.7. The Morgan fingerprint density at radius 1 is 1.13 bits per heavy atom. The SMILES string of the molecule is COc1ccc(OC)c(CCNC(=O)c2ccc(F)c(C)c2)c1. The summed E-state index contributed by atoms with van der Waals surface area (Å²) in [6, 6.07) is 9.85. The maximum atomic E-state index is 13.2. The van der Waals surface area contributed by atoms with Gasteiger partial charge in [0.25, 0.3) is 5.91 Å². The number of carbonyl (C=O) groups is 1. The van der Waals surface area contributed by atoms with Gasteiger partial charge in [0.2, 0.25) is 0 Å². The lowest BCUT2D eigenvalue weighted by molar-refractivity contribution is 0.0954. The molecule has 2 aromatic carbocycles. The Kier molecular flexibility index (Phi) is 5.57. The predicted molar refractivity (Wildman–Crippen MR) is 86.7 cm³/mol. The number of amides is 1. The summed E-state index contributed by atoms with van der Waals surface area (Å²) in [5, 5.41) is 2.83. The number of ether oxygens (including phenoxy) is 2. The van der Waals surface area contributed by atoms with Crippen LogP contribution in [0.4, 0.5) is 4.39 Å². The van der Waals surface area contributed by atoms with E-state index in [1.54, 1.807) is 21.1 Å². The molecule has 0 aliphatic rings. The molecule has 0 atom stereocenters. The van der Waals surface area contributed by atoms with Gasteiger partial charge in [-0.15, -0.1) is 0 Å². The predicted octanol–water partition coefficient (Wildman–Crippen LogP) is 3.12. The Labute approximate surface area is 135 Å². The Morgan fingerprint density at radius 2 is 1.91 bits per heavy atom. The van der Waals surface area contributed by atoms with Crippen molar-refractivity contribution in [2.24, 2.45) is 0 Å². The summed E-state index contributed by atoms with van der Waals surface area (Å²) in [5.41, 5.74) is 1.84. The molecule has 23 heavy (non-hydrogen) atoms. The van der Waals surface area contributed by atoms with E-state index in [0.29, 0.717) is 24.1 Å². The van der Waals surface area contributed by atoms with E-state index < -0.39 is 0 Å². The fraction of sp³-hybridized carbons (Fsp3) is 0.278. The fourth-order valence-corrected chi connectivity index (χ4v) is 2.28. The van der Waals surface area contributed by atoms with Gasteiger partial charge in [-0.3, -0.25) is 4.79 Å². The first kappa shape index (κ1) is 16.8. The number of carbonyl (C=O) groups excluding carboxylic acids is 1. The highest BCUT2D eigenvalue weighted by Gasteiger charge is 2.09. The molecule has 0 radical (unpaired) electrons. The molecule has 2 rings (SSSR count). The van der Waals surface area contributed by atoms with Gasteiger partial charge in [0.15, 0.2) is 0 Å². The van der Waals surface area contributed by atoms with E-state index in [4.69, 9.17) is 9.47 Å².